The van der Waals surface area contributed by atoms with Crippen molar-refractivity contribution >= 4 is 29.2 Å². The Kier molecular flexibility index (Phi) is 3.55. The Labute approximate surface area is 141 Å². The normalized spacial score (nSPS) is 36.1. The van der Waals surface area contributed by atoms with Crippen molar-refractivity contribution in [3.8, 4) is 0 Å². The number of ketones is 1. The summed E-state index contributed by atoms with van der Waals surface area (Å²) in [5.41, 5.74) is 11.4. The Morgan fingerprint density at radius 2 is 1.61 bits per heavy atom. The van der Waals surface area contributed by atoms with E-state index < -0.39 is 0 Å². The lowest BCUT2D eigenvalue weighted by Crippen LogP contribution is -2.51. The van der Waals surface area contributed by atoms with Crippen LogP contribution >= 0.6 is 11.8 Å². The van der Waals surface area contributed by atoms with Crippen LogP contribution in [0.1, 0.15) is 45.4 Å². The van der Waals surface area contributed by atoms with Gasteiger partial charge in [-0.1, -0.05) is 11.8 Å². The first-order valence-electron chi connectivity index (χ1n) is 8.54. The molecular weight excluding hydrogens is 308 g/mol. The van der Waals surface area contributed by atoms with Gasteiger partial charge in [-0.3, -0.25) is 4.79 Å². The smallest absolute Gasteiger partial charge is 0.192 e. The number of nitrogens with two attached hydrogens (primary N) is 2. The largest absolute Gasteiger partial charge is 0.383 e. The zero-order valence-corrected chi connectivity index (χ0v) is 14.3. The topological polar surface area (TPSA) is 94.9 Å². The van der Waals surface area contributed by atoms with Gasteiger partial charge in [-0.25, -0.2) is 9.97 Å². The number of hydrogen-bond acceptors (Lipinski definition) is 6. The van der Waals surface area contributed by atoms with Crippen LogP contribution in [-0.4, -0.2) is 21.0 Å². The van der Waals surface area contributed by atoms with Crippen molar-refractivity contribution in [3.05, 3.63) is 6.07 Å². The molecule has 5 rings (SSSR count). The molecule has 0 aromatic carbocycles. The van der Waals surface area contributed by atoms with Crippen LogP contribution in [0.15, 0.2) is 11.2 Å². The standard InChI is InChI=1S/C17H24N4OS/c1-9(23-16-20-13(18)5-14(19)21-16)15(22)17-6-10-2-11(7-17)4-12(3-10)8-17/h5,9-12H,2-4,6-8H2,1H3,(H4,18,19,20,21)/t9-,10?,11?,12?,17?/m1/s1. The summed E-state index contributed by atoms with van der Waals surface area (Å²) in [6.45, 7) is 1.98. The number of hydrogen-bond donors (Lipinski definition) is 2. The Morgan fingerprint density at radius 1 is 1.13 bits per heavy atom. The van der Waals surface area contributed by atoms with Crippen LogP contribution in [0.4, 0.5) is 11.6 Å². The number of Topliss-reactive ketones (excluding diaryl/α,β-unsaturated/α-hetero) is 1. The molecule has 0 spiro atoms. The molecule has 1 aromatic rings. The number of nitrogens with zero attached hydrogens (tertiary/aromatic N) is 2. The third kappa shape index (κ3) is 2.71. The van der Waals surface area contributed by atoms with Crippen molar-refractivity contribution in [1.29, 1.82) is 0 Å². The highest BCUT2D eigenvalue weighted by Crippen LogP contribution is 2.61. The van der Waals surface area contributed by atoms with Gasteiger partial charge in [-0.2, -0.15) is 0 Å². The number of rotatable bonds is 4. The molecule has 0 saturated heterocycles. The Balaban J connectivity index is 1.52. The Morgan fingerprint density at radius 3 is 2.09 bits per heavy atom. The highest BCUT2D eigenvalue weighted by molar-refractivity contribution is 8.00. The minimum atomic E-state index is -0.146. The van der Waals surface area contributed by atoms with Crippen molar-refractivity contribution in [2.75, 3.05) is 11.5 Å². The molecule has 23 heavy (non-hydrogen) atoms. The molecule has 1 heterocycles. The summed E-state index contributed by atoms with van der Waals surface area (Å²) in [4.78, 5) is 21.6. The maximum atomic E-state index is 13.2. The summed E-state index contributed by atoms with van der Waals surface area (Å²) in [5, 5.41) is 0.362. The van der Waals surface area contributed by atoms with E-state index in [1.807, 2.05) is 6.92 Å². The van der Waals surface area contributed by atoms with Crippen molar-refractivity contribution in [2.24, 2.45) is 23.2 Å². The lowest BCUT2D eigenvalue weighted by atomic mass is 9.48. The zero-order valence-electron chi connectivity index (χ0n) is 13.5. The Bertz CT molecular complexity index is 592. The number of aromatic nitrogens is 2. The number of nitrogen functional groups attached to an aromatic ring is 2. The molecule has 0 radical (unpaired) electrons. The van der Waals surface area contributed by atoms with Crippen LogP contribution in [0.25, 0.3) is 0 Å². The summed E-state index contributed by atoms with van der Waals surface area (Å²) in [7, 11) is 0. The van der Waals surface area contributed by atoms with E-state index in [1.165, 1.54) is 37.1 Å². The van der Waals surface area contributed by atoms with Gasteiger partial charge in [0.15, 0.2) is 10.9 Å². The number of anilines is 2. The van der Waals surface area contributed by atoms with Crippen molar-refractivity contribution in [2.45, 2.75) is 55.9 Å². The molecule has 6 heteroatoms. The first-order chi connectivity index (χ1) is 10.9. The van der Waals surface area contributed by atoms with E-state index in [-0.39, 0.29) is 10.7 Å². The minimum absolute atomic E-state index is 0.0764. The van der Waals surface area contributed by atoms with Gasteiger partial charge < -0.3 is 11.5 Å². The Hall–Kier alpha value is -1.30. The summed E-state index contributed by atoms with van der Waals surface area (Å²) in [5.74, 6) is 3.44. The maximum Gasteiger partial charge on any atom is 0.192 e. The van der Waals surface area contributed by atoms with Crippen LogP contribution in [0.5, 0.6) is 0 Å². The van der Waals surface area contributed by atoms with Gasteiger partial charge in [-0.15, -0.1) is 0 Å². The third-order valence-corrected chi connectivity index (χ3v) is 6.92. The minimum Gasteiger partial charge on any atom is -0.383 e. The zero-order chi connectivity index (χ0) is 16.2. The lowest BCUT2D eigenvalue weighted by molar-refractivity contribution is -0.142. The molecule has 0 aliphatic heterocycles. The van der Waals surface area contributed by atoms with Crippen LogP contribution < -0.4 is 11.5 Å². The monoisotopic (exact) mass is 332 g/mol. The summed E-state index contributed by atoms with van der Waals surface area (Å²) in [6, 6.07) is 1.54. The molecule has 0 unspecified atom stereocenters. The molecule has 4 aliphatic rings. The van der Waals surface area contributed by atoms with E-state index in [1.54, 1.807) is 0 Å². The molecule has 1 aromatic heterocycles. The van der Waals surface area contributed by atoms with Gasteiger partial charge in [-0.05, 0) is 63.2 Å². The summed E-state index contributed by atoms with van der Waals surface area (Å²) >= 11 is 1.40. The fraction of sp³-hybridized carbons (Fsp3) is 0.706. The van der Waals surface area contributed by atoms with E-state index in [9.17, 15) is 4.79 Å². The first kappa shape index (κ1) is 15.2. The van der Waals surface area contributed by atoms with Crippen molar-refractivity contribution in [3.63, 3.8) is 0 Å². The first-order valence-corrected chi connectivity index (χ1v) is 9.42. The average Bonchev–Trinajstić information content (AvgIpc) is 2.43. The number of carbonyl (C=O) groups excluding carboxylic acids is 1. The van der Waals surface area contributed by atoms with Gasteiger partial charge in [0.2, 0.25) is 0 Å². The van der Waals surface area contributed by atoms with Crippen LogP contribution in [0.2, 0.25) is 0 Å². The molecule has 0 amide bonds. The van der Waals surface area contributed by atoms with E-state index in [0.717, 1.165) is 37.0 Å². The van der Waals surface area contributed by atoms with Gasteiger partial charge >= 0.3 is 0 Å². The molecule has 4 saturated carbocycles. The number of carbonyl (C=O) groups is 1. The maximum absolute atomic E-state index is 13.2. The van der Waals surface area contributed by atoms with Crippen LogP contribution in [-0.2, 0) is 4.79 Å². The molecule has 1 atom stereocenters. The molecule has 5 nitrogen and oxygen atoms in total. The van der Waals surface area contributed by atoms with Crippen LogP contribution in [0, 0.1) is 23.2 Å². The number of thioether (sulfide) groups is 1. The second kappa shape index (κ2) is 5.36. The fourth-order valence-corrected chi connectivity index (χ4v) is 6.56. The van der Waals surface area contributed by atoms with E-state index in [0.29, 0.717) is 22.6 Å². The molecule has 4 fully saturated rings. The fourth-order valence-electron chi connectivity index (χ4n) is 5.57. The van der Waals surface area contributed by atoms with Crippen molar-refractivity contribution < 1.29 is 4.79 Å². The van der Waals surface area contributed by atoms with Crippen molar-refractivity contribution in [1.82, 2.24) is 9.97 Å². The third-order valence-electron chi connectivity index (χ3n) is 5.96. The average molecular weight is 332 g/mol. The van der Waals surface area contributed by atoms with Gasteiger partial charge in [0, 0.05) is 11.5 Å². The molecule has 124 valence electrons. The molecule has 4 aliphatic carbocycles. The lowest BCUT2D eigenvalue weighted by Gasteiger charge is -2.56. The predicted octanol–water partition coefficient (Wildman–Crippen LogP) is 2.91. The molecular formula is C17H24N4OS. The quantitative estimate of drug-likeness (QED) is 0.650. The molecule has 4 N–H and O–H groups in total. The van der Waals surface area contributed by atoms with Gasteiger partial charge in [0.05, 0.1) is 5.25 Å². The van der Waals surface area contributed by atoms with E-state index in [4.69, 9.17) is 11.5 Å². The second-order valence-corrected chi connectivity index (χ2v) is 9.13. The SMILES string of the molecule is C[C@@H](Sc1nc(N)cc(N)n1)C(=O)C12CC3CC(CC(C3)C1)C2. The molecule has 4 bridgehead atoms. The van der Waals surface area contributed by atoms with Gasteiger partial charge in [0.1, 0.15) is 11.6 Å². The second-order valence-electron chi connectivity index (χ2n) is 7.82. The highest BCUT2D eigenvalue weighted by Gasteiger charge is 2.55. The summed E-state index contributed by atoms with van der Waals surface area (Å²) < 4.78 is 0. The van der Waals surface area contributed by atoms with E-state index in [2.05, 4.69) is 9.97 Å². The predicted molar refractivity (Wildman–Crippen MR) is 91.8 cm³/mol. The summed E-state index contributed by atoms with van der Waals surface area (Å²) in [6.07, 6.45) is 7.35. The highest BCUT2D eigenvalue weighted by atomic mass is 32.2. The van der Waals surface area contributed by atoms with E-state index >= 15 is 0 Å². The van der Waals surface area contributed by atoms with Crippen LogP contribution in [0.3, 0.4) is 0 Å². The van der Waals surface area contributed by atoms with Gasteiger partial charge in [0.25, 0.3) is 0 Å².